The van der Waals surface area contributed by atoms with Gasteiger partial charge in [0.2, 0.25) is 17.4 Å². The van der Waals surface area contributed by atoms with E-state index in [9.17, 15) is 10.1 Å². The van der Waals surface area contributed by atoms with Gasteiger partial charge in [0.05, 0.1) is 36.5 Å². The summed E-state index contributed by atoms with van der Waals surface area (Å²) in [6.45, 7) is 0.0522. The zero-order valence-corrected chi connectivity index (χ0v) is 23.1. The summed E-state index contributed by atoms with van der Waals surface area (Å²) in [4.78, 5) is 23.8. The van der Waals surface area contributed by atoms with Gasteiger partial charge in [0.25, 0.3) is 17.5 Å². The van der Waals surface area contributed by atoms with Crippen molar-refractivity contribution in [3.8, 4) is 56.7 Å². The average Bonchev–Trinajstić information content (AvgIpc) is 3.79. The lowest BCUT2D eigenvalue weighted by atomic mass is 10.2. The molecule has 6 aromatic rings. The Morgan fingerprint density at radius 2 is 1.55 bits per heavy atom. The first-order valence-corrected chi connectivity index (χ1v) is 13.0. The largest absolute Gasteiger partial charge is 0.493 e. The number of thiazole rings is 1. The summed E-state index contributed by atoms with van der Waals surface area (Å²) in [7, 11) is 4.58. The van der Waals surface area contributed by atoms with E-state index in [1.807, 2.05) is 12.1 Å². The first-order chi connectivity index (χ1) is 20.4. The van der Waals surface area contributed by atoms with Gasteiger partial charge < -0.3 is 28.0 Å². The Morgan fingerprint density at radius 3 is 2.24 bits per heavy atom. The lowest BCUT2D eigenvalue weighted by Crippen LogP contribution is -1.97. The molecule has 0 amide bonds. The number of nitro benzene ring substituents is 1. The number of nitrogens with zero attached hydrogens (tertiary/aromatic N) is 6. The van der Waals surface area contributed by atoms with Crippen molar-refractivity contribution < 1.29 is 32.9 Å². The van der Waals surface area contributed by atoms with Gasteiger partial charge in [-0.1, -0.05) is 10.3 Å². The van der Waals surface area contributed by atoms with Gasteiger partial charge in [-0.3, -0.25) is 10.1 Å². The fourth-order valence-electron chi connectivity index (χ4n) is 4.03. The molecule has 0 fully saturated rings. The molecule has 6 rings (SSSR count). The Hall–Kier alpha value is -5.57. The van der Waals surface area contributed by atoms with Crippen LogP contribution in [0.15, 0.2) is 63.6 Å². The molecule has 0 N–H and O–H groups in total. The molecule has 0 radical (unpaired) electrons. The molecule has 3 aromatic carbocycles. The van der Waals surface area contributed by atoms with E-state index in [0.717, 1.165) is 10.2 Å². The minimum absolute atomic E-state index is 0.0261. The molecule has 0 aliphatic heterocycles. The molecule has 0 aliphatic rings. The lowest BCUT2D eigenvalue weighted by molar-refractivity contribution is -0.384. The van der Waals surface area contributed by atoms with Gasteiger partial charge in [0, 0.05) is 23.3 Å². The molecular weight excluding hydrogens is 568 g/mol. The molecule has 3 aromatic heterocycles. The molecule has 0 atom stereocenters. The van der Waals surface area contributed by atoms with Crippen LogP contribution in [0.4, 0.5) is 5.69 Å². The summed E-state index contributed by atoms with van der Waals surface area (Å²) in [5, 5.41) is 19.5. The molecule has 0 bridgehead atoms. The number of benzene rings is 3. The van der Waals surface area contributed by atoms with Crippen LogP contribution >= 0.6 is 11.3 Å². The highest BCUT2D eigenvalue weighted by molar-refractivity contribution is 7.21. The predicted molar refractivity (Wildman–Crippen MR) is 149 cm³/mol. The number of nitro groups is 1. The second-order valence-electron chi connectivity index (χ2n) is 8.59. The number of fused-ring (bicyclic) bond motifs is 1. The van der Waals surface area contributed by atoms with Gasteiger partial charge in [0.1, 0.15) is 5.75 Å². The van der Waals surface area contributed by atoms with Crippen LogP contribution in [-0.4, -0.2) is 51.5 Å². The Morgan fingerprint density at radius 1 is 0.833 bits per heavy atom. The molecule has 14 nitrogen and oxygen atoms in total. The van der Waals surface area contributed by atoms with Crippen molar-refractivity contribution in [1.29, 1.82) is 0 Å². The number of hydrogen-bond acceptors (Lipinski definition) is 14. The first kappa shape index (κ1) is 26.6. The number of ether oxygens (including phenoxy) is 4. The Balaban J connectivity index is 1.17. The van der Waals surface area contributed by atoms with E-state index < -0.39 is 4.92 Å². The van der Waals surface area contributed by atoms with Crippen molar-refractivity contribution in [1.82, 2.24) is 25.3 Å². The Kier molecular flexibility index (Phi) is 7.06. The zero-order chi connectivity index (χ0) is 29.2. The third kappa shape index (κ3) is 5.15. The molecule has 15 heteroatoms. The van der Waals surface area contributed by atoms with Gasteiger partial charge >= 0.3 is 0 Å². The number of aromatic nitrogens is 5. The molecular formula is C27H20N6O8S. The maximum atomic E-state index is 10.9. The van der Waals surface area contributed by atoms with Crippen LogP contribution in [0.3, 0.4) is 0 Å². The number of methoxy groups -OCH3 is 3. The van der Waals surface area contributed by atoms with Crippen LogP contribution in [0.25, 0.3) is 44.0 Å². The van der Waals surface area contributed by atoms with Crippen molar-refractivity contribution in [3.05, 3.63) is 70.5 Å². The first-order valence-electron chi connectivity index (χ1n) is 12.2. The van der Waals surface area contributed by atoms with Gasteiger partial charge in [-0.2, -0.15) is 9.97 Å². The van der Waals surface area contributed by atoms with Crippen molar-refractivity contribution >= 4 is 27.2 Å². The van der Waals surface area contributed by atoms with Crippen LogP contribution < -0.4 is 18.9 Å². The summed E-state index contributed by atoms with van der Waals surface area (Å²) < 4.78 is 33.7. The van der Waals surface area contributed by atoms with Gasteiger partial charge in [-0.05, 0) is 42.5 Å². The van der Waals surface area contributed by atoms with Crippen molar-refractivity contribution in [2.75, 3.05) is 21.3 Å². The molecule has 0 spiro atoms. The fourth-order valence-corrected chi connectivity index (χ4v) is 4.95. The van der Waals surface area contributed by atoms with Crippen molar-refractivity contribution in [3.63, 3.8) is 0 Å². The summed E-state index contributed by atoms with van der Waals surface area (Å²) in [6.07, 6.45) is 0. The fraction of sp³-hybridized carbons (Fsp3) is 0.148. The van der Waals surface area contributed by atoms with Gasteiger partial charge in [-0.15, -0.1) is 11.3 Å². The molecule has 0 saturated heterocycles. The summed E-state index contributed by atoms with van der Waals surface area (Å²) in [5.41, 5.74) is 1.87. The second-order valence-corrected chi connectivity index (χ2v) is 9.62. The highest BCUT2D eigenvalue weighted by Gasteiger charge is 2.20. The van der Waals surface area contributed by atoms with E-state index in [1.165, 1.54) is 44.8 Å². The van der Waals surface area contributed by atoms with E-state index in [0.29, 0.717) is 50.8 Å². The van der Waals surface area contributed by atoms with Crippen LogP contribution in [0.1, 0.15) is 5.82 Å². The van der Waals surface area contributed by atoms with Crippen molar-refractivity contribution in [2.45, 2.75) is 6.61 Å². The average molecular weight is 589 g/mol. The van der Waals surface area contributed by atoms with Gasteiger partial charge in [-0.25, -0.2) is 4.98 Å². The molecule has 212 valence electrons. The standard InChI is InChI=1S/C27H20N6O8S/c1-36-19-10-15(11-20(37-2)23(19)38-3)26-30-24(32-41-26)27-28-18-9-8-17(12-21(18)42-27)39-13-22-29-25(40-31-22)14-4-6-16(7-5-14)33(34)35/h4-12H,13H2,1-3H3. The van der Waals surface area contributed by atoms with Crippen molar-refractivity contribution in [2.24, 2.45) is 0 Å². The summed E-state index contributed by atoms with van der Waals surface area (Å²) in [6, 6.07) is 14.7. The maximum absolute atomic E-state index is 10.9. The van der Waals surface area contributed by atoms with Gasteiger partial charge in [0.15, 0.2) is 23.1 Å². The maximum Gasteiger partial charge on any atom is 0.269 e. The smallest absolute Gasteiger partial charge is 0.269 e. The van der Waals surface area contributed by atoms with Crippen LogP contribution in [0, 0.1) is 10.1 Å². The Labute approximate surface area is 240 Å². The quantitative estimate of drug-likeness (QED) is 0.144. The van der Waals surface area contributed by atoms with Crippen LogP contribution in [-0.2, 0) is 6.61 Å². The van der Waals surface area contributed by atoms with E-state index in [1.54, 1.807) is 30.3 Å². The minimum Gasteiger partial charge on any atom is -0.493 e. The SMILES string of the molecule is COc1cc(-c2nc(-c3nc4ccc(OCc5noc(-c6ccc([N+](=O)[O-])cc6)n5)cc4s3)no2)cc(OC)c1OC. The number of rotatable bonds is 10. The molecule has 0 aliphatic carbocycles. The number of non-ortho nitro benzene ring substituents is 1. The third-order valence-corrected chi connectivity index (χ3v) is 7.06. The summed E-state index contributed by atoms with van der Waals surface area (Å²) in [5.74, 6) is 3.10. The third-order valence-electron chi connectivity index (χ3n) is 6.05. The molecule has 0 saturated carbocycles. The molecule has 42 heavy (non-hydrogen) atoms. The van der Waals surface area contributed by atoms with Crippen LogP contribution in [0.2, 0.25) is 0 Å². The summed E-state index contributed by atoms with van der Waals surface area (Å²) >= 11 is 1.38. The van der Waals surface area contributed by atoms with E-state index in [2.05, 4.69) is 25.3 Å². The monoisotopic (exact) mass is 588 g/mol. The second kappa shape index (κ2) is 11.1. The molecule has 0 unspecified atom stereocenters. The Bertz CT molecular complexity index is 1870. The highest BCUT2D eigenvalue weighted by Crippen LogP contribution is 2.41. The minimum atomic E-state index is -0.475. The normalized spacial score (nSPS) is 11.0. The van der Waals surface area contributed by atoms with Crippen LogP contribution in [0.5, 0.6) is 23.0 Å². The lowest BCUT2D eigenvalue weighted by Gasteiger charge is -2.12. The van der Waals surface area contributed by atoms with E-state index >= 15 is 0 Å². The highest BCUT2D eigenvalue weighted by atomic mass is 32.1. The topological polar surface area (TPSA) is 171 Å². The zero-order valence-electron chi connectivity index (χ0n) is 22.3. The van der Waals surface area contributed by atoms with E-state index in [-0.39, 0.29) is 24.1 Å². The number of hydrogen-bond donors (Lipinski definition) is 0. The molecule has 3 heterocycles. The van der Waals surface area contributed by atoms with E-state index in [4.69, 9.17) is 28.0 Å². The predicted octanol–water partition coefficient (Wildman–Crippen LogP) is 5.58.